The van der Waals surface area contributed by atoms with E-state index < -0.39 is 0 Å². The molecule has 5 nitrogen and oxygen atoms in total. The summed E-state index contributed by atoms with van der Waals surface area (Å²) in [5, 5.41) is 12.2. The van der Waals surface area contributed by atoms with Crippen LogP contribution in [0.2, 0.25) is 0 Å². The minimum absolute atomic E-state index is 0.662. The van der Waals surface area contributed by atoms with Crippen molar-refractivity contribution in [2.45, 2.75) is 27.6 Å². The molecule has 0 spiro atoms. The number of aryl methyl sites for hydroxylation is 1. The van der Waals surface area contributed by atoms with Crippen molar-refractivity contribution in [2.24, 2.45) is 0 Å². The van der Waals surface area contributed by atoms with Gasteiger partial charge in [-0.3, -0.25) is 0 Å². The van der Waals surface area contributed by atoms with Crippen molar-refractivity contribution in [3.8, 4) is 0 Å². The quantitative estimate of drug-likeness (QED) is 0.672. The molecule has 2 aromatic rings. The SMILES string of the molecule is CCNc1nc(C)cc(Sc2nnc(SC)s2)n1. The number of hydrogen-bond donors (Lipinski definition) is 1. The van der Waals surface area contributed by atoms with E-state index in [0.29, 0.717) is 5.95 Å². The third kappa shape index (κ3) is 3.56. The third-order valence-electron chi connectivity index (χ3n) is 1.92. The number of hydrogen-bond acceptors (Lipinski definition) is 8. The molecule has 2 aromatic heterocycles. The van der Waals surface area contributed by atoms with Crippen molar-refractivity contribution >= 4 is 40.8 Å². The molecular formula is C10H13N5S3. The lowest BCUT2D eigenvalue weighted by Gasteiger charge is -2.04. The lowest BCUT2D eigenvalue weighted by Crippen LogP contribution is -2.03. The second-order valence-corrected chi connectivity index (χ2v) is 6.64. The van der Waals surface area contributed by atoms with Crippen LogP contribution in [0.5, 0.6) is 0 Å². The average Bonchev–Trinajstić information content (AvgIpc) is 2.76. The molecule has 18 heavy (non-hydrogen) atoms. The topological polar surface area (TPSA) is 63.6 Å². The van der Waals surface area contributed by atoms with Crippen LogP contribution in [0, 0.1) is 6.92 Å². The Morgan fingerprint density at radius 1 is 1.28 bits per heavy atom. The Bertz CT molecular complexity index is 528. The van der Waals surface area contributed by atoms with E-state index in [4.69, 9.17) is 0 Å². The van der Waals surface area contributed by atoms with E-state index in [2.05, 4.69) is 25.5 Å². The Kier molecular flexibility index (Phi) is 4.79. The standard InChI is InChI=1S/C10H13N5S3/c1-4-11-8-12-6(2)5-7(13-8)17-10-15-14-9(16-3)18-10/h5H,4H2,1-3H3,(H,11,12,13). The van der Waals surface area contributed by atoms with Gasteiger partial charge in [-0.15, -0.1) is 10.2 Å². The molecule has 0 atom stereocenters. The van der Waals surface area contributed by atoms with E-state index >= 15 is 0 Å². The molecule has 0 fully saturated rings. The predicted molar refractivity (Wildman–Crippen MR) is 76.7 cm³/mol. The van der Waals surface area contributed by atoms with E-state index in [-0.39, 0.29) is 0 Å². The maximum atomic E-state index is 4.43. The molecule has 1 N–H and O–H groups in total. The van der Waals surface area contributed by atoms with Crippen molar-refractivity contribution in [3.05, 3.63) is 11.8 Å². The van der Waals surface area contributed by atoms with E-state index in [1.54, 1.807) is 23.1 Å². The Labute approximate surface area is 118 Å². The van der Waals surface area contributed by atoms with Crippen molar-refractivity contribution in [2.75, 3.05) is 18.1 Å². The number of aromatic nitrogens is 4. The van der Waals surface area contributed by atoms with Crippen LogP contribution < -0.4 is 5.32 Å². The lowest BCUT2D eigenvalue weighted by atomic mass is 10.5. The highest BCUT2D eigenvalue weighted by molar-refractivity contribution is 8.02. The highest BCUT2D eigenvalue weighted by Crippen LogP contribution is 2.32. The van der Waals surface area contributed by atoms with Gasteiger partial charge in [-0.25, -0.2) is 9.97 Å². The molecule has 0 aromatic carbocycles. The largest absolute Gasteiger partial charge is 0.354 e. The molecule has 0 bridgehead atoms. The Morgan fingerprint density at radius 2 is 2.06 bits per heavy atom. The van der Waals surface area contributed by atoms with Gasteiger partial charge >= 0.3 is 0 Å². The van der Waals surface area contributed by atoms with Gasteiger partial charge < -0.3 is 5.32 Å². The summed E-state index contributed by atoms with van der Waals surface area (Å²) in [6.45, 7) is 4.79. The first-order valence-corrected chi connectivity index (χ1v) is 8.22. The maximum Gasteiger partial charge on any atom is 0.223 e. The summed E-state index contributed by atoms with van der Waals surface area (Å²) in [5.74, 6) is 0.662. The molecule has 2 rings (SSSR count). The fourth-order valence-electron chi connectivity index (χ4n) is 1.24. The molecular weight excluding hydrogens is 286 g/mol. The van der Waals surface area contributed by atoms with E-state index in [0.717, 1.165) is 25.9 Å². The van der Waals surface area contributed by atoms with Gasteiger partial charge in [0.05, 0.1) is 0 Å². The summed E-state index contributed by atoms with van der Waals surface area (Å²) in [7, 11) is 0. The number of nitrogens with zero attached hydrogens (tertiary/aromatic N) is 4. The van der Waals surface area contributed by atoms with Crippen LogP contribution in [-0.2, 0) is 0 Å². The number of anilines is 1. The van der Waals surface area contributed by atoms with Gasteiger partial charge in [-0.1, -0.05) is 23.1 Å². The summed E-state index contributed by atoms with van der Waals surface area (Å²) >= 11 is 4.70. The van der Waals surface area contributed by atoms with Crippen LogP contribution in [0.1, 0.15) is 12.6 Å². The number of nitrogens with one attached hydrogen (secondary N) is 1. The average molecular weight is 299 g/mol. The summed E-state index contributed by atoms with van der Waals surface area (Å²) in [4.78, 5) is 8.74. The fraction of sp³-hybridized carbons (Fsp3) is 0.400. The molecule has 8 heteroatoms. The van der Waals surface area contributed by atoms with Crippen LogP contribution in [0.3, 0.4) is 0 Å². The van der Waals surface area contributed by atoms with Crippen LogP contribution in [0.15, 0.2) is 19.8 Å². The van der Waals surface area contributed by atoms with Gasteiger partial charge in [0, 0.05) is 12.2 Å². The second-order valence-electron chi connectivity index (χ2n) is 3.34. The van der Waals surface area contributed by atoms with Gasteiger partial charge in [-0.2, -0.15) is 0 Å². The first kappa shape index (κ1) is 13.6. The predicted octanol–water partition coefficient (Wildman–Crippen LogP) is 2.94. The zero-order chi connectivity index (χ0) is 13.0. The van der Waals surface area contributed by atoms with Gasteiger partial charge in [0.1, 0.15) is 5.03 Å². The zero-order valence-electron chi connectivity index (χ0n) is 10.3. The molecule has 0 radical (unpaired) electrons. The smallest absolute Gasteiger partial charge is 0.223 e. The maximum absolute atomic E-state index is 4.43. The van der Waals surface area contributed by atoms with Crippen LogP contribution >= 0.6 is 34.9 Å². The molecule has 0 aliphatic carbocycles. The summed E-state index contributed by atoms with van der Waals surface area (Å²) in [5.41, 5.74) is 0.943. The molecule has 0 aliphatic heterocycles. The normalized spacial score (nSPS) is 10.6. The Morgan fingerprint density at radius 3 is 2.72 bits per heavy atom. The first-order valence-electron chi connectivity index (χ1n) is 5.36. The minimum atomic E-state index is 0.662. The Hall–Kier alpha value is -0.860. The minimum Gasteiger partial charge on any atom is -0.354 e. The van der Waals surface area contributed by atoms with Gasteiger partial charge in [0.25, 0.3) is 0 Å². The van der Waals surface area contributed by atoms with Gasteiger partial charge in [-0.05, 0) is 37.9 Å². The Balaban J connectivity index is 2.17. The van der Waals surface area contributed by atoms with E-state index in [9.17, 15) is 0 Å². The molecule has 96 valence electrons. The van der Waals surface area contributed by atoms with E-state index in [1.165, 1.54) is 11.8 Å². The van der Waals surface area contributed by atoms with Crippen LogP contribution in [-0.4, -0.2) is 33.0 Å². The highest BCUT2D eigenvalue weighted by Gasteiger charge is 2.08. The molecule has 0 amide bonds. The summed E-state index contributed by atoms with van der Waals surface area (Å²) in [6.07, 6.45) is 1.99. The monoisotopic (exact) mass is 299 g/mol. The number of thioether (sulfide) groups is 1. The number of rotatable bonds is 5. The van der Waals surface area contributed by atoms with Crippen molar-refractivity contribution in [3.63, 3.8) is 0 Å². The molecule has 0 aliphatic rings. The zero-order valence-corrected chi connectivity index (χ0v) is 12.7. The molecule has 0 saturated carbocycles. The third-order valence-corrected chi connectivity index (χ3v) is 4.79. The lowest BCUT2D eigenvalue weighted by molar-refractivity contribution is 0.948. The van der Waals surface area contributed by atoms with E-state index in [1.807, 2.05) is 26.2 Å². The fourth-order valence-corrected chi connectivity index (χ4v) is 3.68. The van der Waals surface area contributed by atoms with Crippen LogP contribution in [0.4, 0.5) is 5.95 Å². The van der Waals surface area contributed by atoms with Crippen molar-refractivity contribution in [1.29, 1.82) is 0 Å². The van der Waals surface area contributed by atoms with Gasteiger partial charge in [0.2, 0.25) is 5.95 Å². The summed E-state index contributed by atoms with van der Waals surface area (Å²) in [6, 6.07) is 1.95. The van der Waals surface area contributed by atoms with Crippen molar-refractivity contribution in [1.82, 2.24) is 20.2 Å². The van der Waals surface area contributed by atoms with Crippen LogP contribution in [0.25, 0.3) is 0 Å². The molecule has 0 saturated heterocycles. The molecule has 2 heterocycles. The van der Waals surface area contributed by atoms with Crippen molar-refractivity contribution < 1.29 is 0 Å². The highest BCUT2D eigenvalue weighted by atomic mass is 32.2. The molecule has 0 unspecified atom stereocenters. The first-order chi connectivity index (χ1) is 8.71. The van der Waals surface area contributed by atoms with Gasteiger partial charge in [0.15, 0.2) is 8.68 Å². The summed E-state index contributed by atoms with van der Waals surface area (Å²) < 4.78 is 1.87. The second kappa shape index (κ2) is 6.35.